The molecule has 2 atom stereocenters. The lowest BCUT2D eigenvalue weighted by molar-refractivity contribution is -0.125. The average Bonchev–Trinajstić information content (AvgIpc) is 2.45. The van der Waals surface area contributed by atoms with E-state index in [1.54, 1.807) is 18.8 Å². The summed E-state index contributed by atoms with van der Waals surface area (Å²) in [7, 11) is 1.58. The van der Waals surface area contributed by atoms with Crippen LogP contribution in [0.25, 0.3) is 0 Å². The summed E-state index contributed by atoms with van der Waals surface area (Å²) in [5, 5.41) is 0. The standard InChI is InChI=1S/C11H16BNO2/c1-7(11(12)15)6-9(3)13-8(2)4-5-10(13)14/h4-5,7,9H,2,6,12H2,1,3H3. The van der Waals surface area contributed by atoms with Gasteiger partial charge in [-0.2, -0.15) is 0 Å². The summed E-state index contributed by atoms with van der Waals surface area (Å²) >= 11 is 0. The van der Waals surface area contributed by atoms with Crippen molar-refractivity contribution in [2.75, 3.05) is 0 Å². The number of amides is 1. The summed E-state index contributed by atoms with van der Waals surface area (Å²) < 4.78 is 0. The lowest BCUT2D eigenvalue weighted by atomic mass is 9.86. The summed E-state index contributed by atoms with van der Waals surface area (Å²) in [5.41, 5.74) is 0.871. The van der Waals surface area contributed by atoms with Crippen LogP contribution < -0.4 is 0 Å². The van der Waals surface area contributed by atoms with E-state index >= 15 is 0 Å². The van der Waals surface area contributed by atoms with Gasteiger partial charge in [-0.05, 0) is 19.4 Å². The molecule has 1 heterocycles. The number of nitrogens with zero attached hydrogens (tertiary/aromatic N) is 1. The van der Waals surface area contributed by atoms with Crippen LogP contribution in [0, 0.1) is 5.92 Å². The van der Waals surface area contributed by atoms with Crippen LogP contribution in [0.15, 0.2) is 24.4 Å². The maximum Gasteiger partial charge on any atom is 0.251 e. The van der Waals surface area contributed by atoms with Gasteiger partial charge in [0.2, 0.25) is 0 Å². The second-order valence-corrected chi connectivity index (χ2v) is 4.13. The van der Waals surface area contributed by atoms with E-state index in [4.69, 9.17) is 0 Å². The van der Waals surface area contributed by atoms with Gasteiger partial charge in [0, 0.05) is 23.7 Å². The van der Waals surface area contributed by atoms with Gasteiger partial charge in [-0.25, -0.2) is 0 Å². The predicted molar refractivity (Wildman–Crippen MR) is 61.9 cm³/mol. The van der Waals surface area contributed by atoms with Crippen LogP contribution in [-0.2, 0) is 9.59 Å². The molecule has 0 fully saturated rings. The number of carbonyl (C=O) groups excluding carboxylic acids is 2. The fourth-order valence-corrected chi connectivity index (χ4v) is 1.75. The van der Waals surface area contributed by atoms with E-state index < -0.39 is 0 Å². The summed E-state index contributed by atoms with van der Waals surface area (Å²) in [4.78, 5) is 24.2. The van der Waals surface area contributed by atoms with Crippen LogP contribution in [0.5, 0.6) is 0 Å². The Morgan fingerprint density at radius 2 is 2.13 bits per heavy atom. The van der Waals surface area contributed by atoms with E-state index in [9.17, 15) is 9.59 Å². The minimum atomic E-state index is -0.0387. The maximum atomic E-state index is 11.5. The Bertz CT molecular complexity index is 317. The third-order valence-corrected chi connectivity index (χ3v) is 2.79. The van der Waals surface area contributed by atoms with Gasteiger partial charge in [0.15, 0.2) is 7.85 Å². The van der Waals surface area contributed by atoms with E-state index in [1.807, 2.05) is 13.8 Å². The fraction of sp³-hybridized carbons (Fsp3) is 0.455. The van der Waals surface area contributed by atoms with Gasteiger partial charge in [0.1, 0.15) is 0 Å². The Hall–Kier alpha value is -1.32. The van der Waals surface area contributed by atoms with Gasteiger partial charge in [0.25, 0.3) is 5.91 Å². The molecule has 0 spiro atoms. The molecule has 15 heavy (non-hydrogen) atoms. The molecular formula is C11H16BNO2. The topological polar surface area (TPSA) is 37.4 Å². The predicted octanol–water partition coefficient (Wildman–Crippen LogP) is 0.473. The summed E-state index contributed by atoms with van der Waals surface area (Å²) in [6.45, 7) is 7.62. The van der Waals surface area contributed by atoms with Crippen LogP contribution in [0.3, 0.4) is 0 Å². The molecule has 0 saturated carbocycles. The van der Waals surface area contributed by atoms with Gasteiger partial charge in [-0.3, -0.25) is 4.79 Å². The van der Waals surface area contributed by atoms with E-state index in [0.717, 1.165) is 0 Å². The molecule has 0 bridgehead atoms. The largest absolute Gasteiger partial charge is 0.312 e. The number of hydrogen-bond donors (Lipinski definition) is 0. The van der Waals surface area contributed by atoms with E-state index in [-0.39, 0.29) is 23.5 Å². The zero-order valence-corrected chi connectivity index (χ0v) is 9.49. The summed E-state index contributed by atoms with van der Waals surface area (Å²) in [6, 6.07) is 0.0268. The molecule has 1 aliphatic heterocycles. The highest BCUT2D eigenvalue weighted by Gasteiger charge is 2.26. The van der Waals surface area contributed by atoms with E-state index in [0.29, 0.717) is 12.1 Å². The molecule has 0 radical (unpaired) electrons. The minimum absolute atomic E-state index is 0.0128. The summed E-state index contributed by atoms with van der Waals surface area (Å²) in [6.07, 6.45) is 3.90. The lowest BCUT2D eigenvalue weighted by Crippen LogP contribution is -2.35. The van der Waals surface area contributed by atoms with Crippen molar-refractivity contribution in [2.45, 2.75) is 26.3 Å². The Morgan fingerprint density at radius 3 is 2.53 bits per heavy atom. The fourth-order valence-electron chi connectivity index (χ4n) is 1.75. The molecule has 1 aliphatic rings. The first-order valence-corrected chi connectivity index (χ1v) is 5.14. The normalized spacial score (nSPS) is 19.5. The number of hydrogen-bond acceptors (Lipinski definition) is 2. The van der Waals surface area contributed by atoms with Crippen LogP contribution >= 0.6 is 0 Å². The first-order chi connectivity index (χ1) is 6.93. The van der Waals surface area contributed by atoms with E-state index in [1.165, 1.54) is 6.08 Å². The van der Waals surface area contributed by atoms with Crippen molar-refractivity contribution in [3.8, 4) is 0 Å². The van der Waals surface area contributed by atoms with Crippen molar-refractivity contribution >= 4 is 19.4 Å². The average molecular weight is 205 g/mol. The minimum Gasteiger partial charge on any atom is -0.312 e. The highest BCUT2D eigenvalue weighted by molar-refractivity contribution is 6.58. The van der Waals surface area contributed by atoms with Gasteiger partial charge >= 0.3 is 0 Å². The Labute approximate surface area is 91.2 Å². The molecule has 4 heteroatoms. The van der Waals surface area contributed by atoms with Gasteiger partial charge in [0.05, 0.1) is 5.68 Å². The first kappa shape index (κ1) is 11.8. The maximum absolute atomic E-state index is 11.5. The van der Waals surface area contributed by atoms with Crippen molar-refractivity contribution < 1.29 is 9.59 Å². The van der Waals surface area contributed by atoms with Gasteiger partial charge in [-0.15, -0.1) is 0 Å². The SMILES string of the molecule is BC(=O)C(C)CC(C)N1C(=C)C=CC1=O. The molecule has 0 aliphatic carbocycles. The molecule has 0 aromatic carbocycles. The molecular weight excluding hydrogens is 189 g/mol. The Balaban J connectivity index is 2.62. The molecule has 2 unspecified atom stereocenters. The number of carbonyl (C=O) groups is 2. The smallest absolute Gasteiger partial charge is 0.251 e. The quantitative estimate of drug-likeness (QED) is 0.625. The molecule has 0 N–H and O–H groups in total. The van der Waals surface area contributed by atoms with Crippen LogP contribution in [0.2, 0.25) is 0 Å². The number of allylic oxidation sites excluding steroid dienone is 1. The number of rotatable bonds is 4. The van der Waals surface area contributed by atoms with Crippen molar-refractivity contribution in [3.05, 3.63) is 24.4 Å². The molecule has 80 valence electrons. The highest BCUT2D eigenvalue weighted by Crippen LogP contribution is 2.21. The van der Waals surface area contributed by atoms with Crippen LogP contribution in [0.4, 0.5) is 0 Å². The Kier molecular flexibility index (Phi) is 3.50. The van der Waals surface area contributed by atoms with Gasteiger partial charge < -0.3 is 9.69 Å². The van der Waals surface area contributed by atoms with Crippen molar-refractivity contribution in [2.24, 2.45) is 5.92 Å². The highest BCUT2D eigenvalue weighted by atomic mass is 16.2. The van der Waals surface area contributed by atoms with Crippen molar-refractivity contribution in [1.82, 2.24) is 4.90 Å². The monoisotopic (exact) mass is 205 g/mol. The molecule has 0 saturated heterocycles. The summed E-state index contributed by atoms with van der Waals surface area (Å²) in [5.74, 6) is -0.0514. The molecule has 0 aromatic heterocycles. The van der Waals surface area contributed by atoms with E-state index in [2.05, 4.69) is 6.58 Å². The van der Waals surface area contributed by atoms with Gasteiger partial charge in [-0.1, -0.05) is 13.5 Å². The third-order valence-electron chi connectivity index (χ3n) is 2.79. The molecule has 3 nitrogen and oxygen atoms in total. The molecule has 1 rings (SSSR count). The first-order valence-electron chi connectivity index (χ1n) is 5.14. The second kappa shape index (κ2) is 4.47. The van der Waals surface area contributed by atoms with Crippen LogP contribution in [0.1, 0.15) is 20.3 Å². The van der Waals surface area contributed by atoms with Crippen molar-refractivity contribution in [1.29, 1.82) is 0 Å². The zero-order valence-electron chi connectivity index (χ0n) is 9.49. The zero-order chi connectivity index (χ0) is 11.6. The lowest BCUT2D eigenvalue weighted by Gasteiger charge is -2.27. The Morgan fingerprint density at radius 1 is 1.53 bits per heavy atom. The van der Waals surface area contributed by atoms with Crippen molar-refractivity contribution in [3.63, 3.8) is 0 Å². The third kappa shape index (κ3) is 2.58. The molecule has 1 amide bonds. The van der Waals surface area contributed by atoms with Crippen LogP contribution in [-0.4, -0.2) is 30.4 Å². The molecule has 0 aromatic rings. The second-order valence-electron chi connectivity index (χ2n) is 4.13.